The molecule has 1 aliphatic carbocycles. The van der Waals surface area contributed by atoms with Crippen LogP contribution in [-0.2, 0) is 16.0 Å². The summed E-state index contributed by atoms with van der Waals surface area (Å²) in [6.07, 6.45) is -0.391. The molecule has 0 radical (unpaired) electrons. The molecule has 4 N–H and O–H groups in total. The standard InChI is InChI=1S/C54H60O18/c1-20-23(4)38(27(8)42(65-15)33(20)47(56)57)69-49(60)35-22(3)25(6)40(29(10)44(35)67-17)71-51(62)37-31(12)53(14,63)54(64)52(13,46(37)55)19-32-26(7)36(45(68-18)30(11)41(32)72-54)50(61)70-39-24(5)21(2)34(48(58)59)43(66-16)28(39)9/h63-64H,19H2,1-18H3,(H,56,57)(H,58,59)/t52-,53+,54-/m0/s1. The van der Waals surface area contributed by atoms with Gasteiger partial charge in [0.2, 0.25) is 0 Å². The SMILES string of the molecule is COc1c(C)c(OC(=O)c2c(C)c(C)c(OC(=O)C3=C(C)[C@@](C)(O)[C@@]4(O)Oc5c(C)c(OC)c(C(=O)Oc6c(C)c(C)c(C(=O)O)c(OC)c6C)c(C)c5C[C@@]4(C)C3=O)c(C)c2OC)c(C)c(C)c1C(=O)O. The molecule has 0 saturated carbocycles. The van der Waals surface area contributed by atoms with Crippen molar-refractivity contribution in [2.24, 2.45) is 5.41 Å². The Kier molecular flexibility index (Phi) is 13.9. The van der Waals surface area contributed by atoms with Crippen LogP contribution in [0.4, 0.5) is 0 Å². The Balaban J connectivity index is 1.41. The molecule has 384 valence electrons. The number of aromatic carboxylic acids is 2. The van der Waals surface area contributed by atoms with Gasteiger partial charge in [0.05, 0.1) is 28.4 Å². The molecule has 18 heteroatoms. The van der Waals surface area contributed by atoms with Gasteiger partial charge < -0.3 is 58.3 Å². The van der Waals surface area contributed by atoms with Crippen molar-refractivity contribution in [3.05, 3.63) is 100 Å². The van der Waals surface area contributed by atoms with Crippen LogP contribution in [0.3, 0.4) is 0 Å². The van der Waals surface area contributed by atoms with Crippen molar-refractivity contribution in [2.75, 3.05) is 28.4 Å². The third kappa shape index (κ3) is 7.61. The van der Waals surface area contributed by atoms with E-state index in [1.807, 2.05) is 0 Å². The van der Waals surface area contributed by atoms with Crippen LogP contribution < -0.4 is 37.9 Å². The average molecular weight is 997 g/mol. The summed E-state index contributed by atoms with van der Waals surface area (Å²) < 4.78 is 46.7. The number of carboxylic acid groups (broad SMARTS) is 2. The number of fused-ring (bicyclic) bond motifs is 2. The zero-order valence-corrected chi connectivity index (χ0v) is 43.7. The molecule has 1 aliphatic heterocycles. The first-order chi connectivity index (χ1) is 33.4. The minimum Gasteiger partial charge on any atom is -0.495 e. The lowest BCUT2D eigenvalue weighted by Crippen LogP contribution is -2.73. The fourth-order valence-corrected chi connectivity index (χ4v) is 10.4. The molecule has 0 fully saturated rings. The van der Waals surface area contributed by atoms with Crippen LogP contribution in [0, 0.1) is 81.6 Å². The highest BCUT2D eigenvalue weighted by atomic mass is 16.6. The Hall–Kier alpha value is -7.44. The van der Waals surface area contributed by atoms with Crippen molar-refractivity contribution < 1.29 is 87.1 Å². The molecule has 18 nitrogen and oxygen atoms in total. The summed E-state index contributed by atoms with van der Waals surface area (Å²) in [5.74, 6) is -9.10. The number of ketones is 1. The number of hydrogen-bond acceptors (Lipinski definition) is 16. The Labute approximate surface area is 416 Å². The number of carboxylic acids is 2. The number of Topliss-reactive ketones (excluding diaryl/α,β-unsaturated/α-hetero) is 1. The molecular formula is C54H60O18. The third-order valence-corrected chi connectivity index (χ3v) is 15.0. The number of carbonyl (C=O) groups is 6. The number of hydrogen-bond donors (Lipinski definition) is 4. The van der Waals surface area contributed by atoms with Gasteiger partial charge >= 0.3 is 29.8 Å². The van der Waals surface area contributed by atoms with E-state index in [-0.39, 0.29) is 118 Å². The molecule has 4 aromatic carbocycles. The number of aliphatic hydroxyl groups is 2. The van der Waals surface area contributed by atoms with E-state index in [4.69, 9.17) is 37.9 Å². The molecule has 1 heterocycles. The summed E-state index contributed by atoms with van der Waals surface area (Å²) in [7, 11) is 5.22. The molecule has 0 spiro atoms. The van der Waals surface area contributed by atoms with Gasteiger partial charge in [-0.2, -0.15) is 0 Å². The zero-order chi connectivity index (χ0) is 54.3. The fraction of sp³-hybridized carbons (Fsp3) is 0.407. The average Bonchev–Trinajstić information content (AvgIpc) is 3.31. The normalized spacial score (nSPS) is 19.1. The summed E-state index contributed by atoms with van der Waals surface area (Å²) in [4.78, 5) is 82.6. The van der Waals surface area contributed by atoms with Crippen molar-refractivity contribution in [1.29, 1.82) is 0 Å². The van der Waals surface area contributed by atoms with E-state index in [9.17, 15) is 44.4 Å². The van der Waals surface area contributed by atoms with E-state index in [0.717, 1.165) is 0 Å². The van der Waals surface area contributed by atoms with Gasteiger partial charge in [0, 0.05) is 22.3 Å². The van der Waals surface area contributed by atoms with Crippen molar-refractivity contribution >= 4 is 35.6 Å². The minimum absolute atomic E-state index is 0.00189. The smallest absolute Gasteiger partial charge is 0.347 e. The van der Waals surface area contributed by atoms with Crippen LogP contribution in [0.5, 0.6) is 46.0 Å². The Morgan fingerprint density at radius 1 is 0.458 bits per heavy atom. The molecule has 0 aromatic heterocycles. The molecule has 4 aromatic rings. The number of ether oxygens (including phenoxy) is 8. The van der Waals surface area contributed by atoms with Crippen LogP contribution in [-0.4, -0.2) is 95.9 Å². The van der Waals surface area contributed by atoms with Crippen molar-refractivity contribution in [3.63, 3.8) is 0 Å². The van der Waals surface area contributed by atoms with E-state index in [2.05, 4.69) is 0 Å². The van der Waals surface area contributed by atoms with Gasteiger partial charge in [-0.1, -0.05) is 0 Å². The Morgan fingerprint density at radius 3 is 1.17 bits per heavy atom. The van der Waals surface area contributed by atoms with E-state index in [1.54, 1.807) is 69.2 Å². The summed E-state index contributed by atoms with van der Waals surface area (Å²) in [6, 6.07) is 0. The second-order valence-electron chi connectivity index (χ2n) is 18.7. The van der Waals surface area contributed by atoms with Crippen molar-refractivity contribution in [1.82, 2.24) is 0 Å². The quantitative estimate of drug-likeness (QED) is 0.0599. The Bertz CT molecular complexity index is 3150. The highest BCUT2D eigenvalue weighted by molar-refractivity contribution is 6.22. The summed E-state index contributed by atoms with van der Waals surface area (Å²) in [5.41, 5.74) is -2.48. The highest BCUT2D eigenvalue weighted by Crippen LogP contribution is 2.58. The Morgan fingerprint density at radius 2 is 0.792 bits per heavy atom. The second-order valence-corrected chi connectivity index (χ2v) is 18.7. The van der Waals surface area contributed by atoms with E-state index < -0.39 is 64.4 Å². The number of esters is 3. The predicted molar refractivity (Wildman–Crippen MR) is 259 cm³/mol. The van der Waals surface area contributed by atoms with Crippen molar-refractivity contribution in [2.45, 2.75) is 115 Å². The number of benzene rings is 4. The minimum atomic E-state index is -2.72. The number of methoxy groups -OCH3 is 4. The van der Waals surface area contributed by atoms with Crippen molar-refractivity contribution in [3.8, 4) is 46.0 Å². The third-order valence-electron chi connectivity index (χ3n) is 15.0. The summed E-state index contributed by atoms with van der Waals surface area (Å²) >= 11 is 0. The number of carbonyl (C=O) groups excluding carboxylic acids is 4. The molecular weight excluding hydrogens is 937 g/mol. The van der Waals surface area contributed by atoms with Gasteiger partial charge in [-0.05, 0) is 153 Å². The predicted octanol–water partition coefficient (Wildman–Crippen LogP) is 7.83. The van der Waals surface area contributed by atoms with Crippen LogP contribution in [0.2, 0.25) is 0 Å². The molecule has 72 heavy (non-hydrogen) atoms. The van der Waals surface area contributed by atoms with Crippen LogP contribution in [0.25, 0.3) is 0 Å². The lowest BCUT2D eigenvalue weighted by molar-refractivity contribution is -0.297. The van der Waals surface area contributed by atoms with Gasteiger partial charge in [-0.25, -0.2) is 24.0 Å². The largest absolute Gasteiger partial charge is 0.495 e. The zero-order valence-electron chi connectivity index (χ0n) is 43.7. The second kappa shape index (κ2) is 18.6. The van der Waals surface area contributed by atoms with Crippen LogP contribution >= 0.6 is 0 Å². The monoisotopic (exact) mass is 996 g/mol. The lowest BCUT2D eigenvalue weighted by Gasteiger charge is -2.56. The molecule has 3 atom stereocenters. The van der Waals surface area contributed by atoms with Gasteiger partial charge in [-0.15, -0.1) is 0 Å². The first-order valence-corrected chi connectivity index (χ1v) is 22.7. The molecule has 0 amide bonds. The molecule has 2 aliphatic rings. The van der Waals surface area contributed by atoms with Gasteiger partial charge in [-0.3, -0.25) is 4.79 Å². The maximum absolute atomic E-state index is 15.1. The van der Waals surface area contributed by atoms with E-state index in [1.165, 1.54) is 56.1 Å². The van der Waals surface area contributed by atoms with Gasteiger partial charge in [0.1, 0.15) is 84.8 Å². The topological polar surface area (TPSA) is 257 Å². The van der Waals surface area contributed by atoms with Crippen LogP contribution in [0.1, 0.15) is 129 Å². The maximum atomic E-state index is 15.1. The summed E-state index contributed by atoms with van der Waals surface area (Å²) in [5, 5.41) is 44.9. The van der Waals surface area contributed by atoms with Gasteiger partial charge in [0.15, 0.2) is 5.78 Å². The fourth-order valence-electron chi connectivity index (χ4n) is 10.4. The molecule has 0 saturated heterocycles. The maximum Gasteiger partial charge on any atom is 0.347 e. The molecule has 6 rings (SSSR count). The van der Waals surface area contributed by atoms with Crippen LogP contribution in [0.15, 0.2) is 11.1 Å². The molecule has 0 unspecified atom stereocenters. The molecule has 0 bridgehead atoms. The highest BCUT2D eigenvalue weighted by Gasteiger charge is 2.71. The summed E-state index contributed by atoms with van der Waals surface area (Å²) in [6.45, 7) is 21.1. The lowest BCUT2D eigenvalue weighted by atomic mass is 9.57. The first kappa shape index (κ1) is 53.9. The number of rotatable bonds is 12. The first-order valence-electron chi connectivity index (χ1n) is 22.7. The van der Waals surface area contributed by atoms with Gasteiger partial charge in [0.25, 0.3) is 5.79 Å². The van der Waals surface area contributed by atoms with E-state index >= 15 is 4.79 Å². The van der Waals surface area contributed by atoms with E-state index in [0.29, 0.717) is 22.3 Å².